The summed E-state index contributed by atoms with van der Waals surface area (Å²) in [6.45, 7) is 24.3. The summed E-state index contributed by atoms with van der Waals surface area (Å²) in [5.74, 6) is 0. The minimum atomic E-state index is -1.42. The molecule has 31 heavy (non-hydrogen) atoms. The Hall–Kier alpha value is -2.10. The van der Waals surface area contributed by atoms with Gasteiger partial charge in [0.05, 0.1) is 16.1 Å². The standard InChI is InChI=1S/C22H28Si2.3CHO.Cr/c1-23(2,3)21-15-17-7-9-18(10-8-17)16-22(24(4,5)6)20-13-11-19(21)12-14-20;3*1-2;/h7-16H,1-6H3;3*1H;/q;3*-1;+3/b17-15?,18-16?,21-15+,21-19?,22-16+,22-20?;;;;. The molecule has 0 aromatic heterocycles. The number of carbonyl (C=O) groups excluding carboxylic acids is 3. The van der Waals surface area contributed by atoms with E-state index in [1.807, 2.05) is 0 Å². The van der Waals surface area contributed by atoms with Crippen LogP contribution in [0.2, 0.25) is 39.3 Å². The number of benzene rings is 2. The molecule has 1 radical (unpaired) electrons. The van der Waals surface area contributed by atoms with Crippen molar-refractivity contribution in [1.82, 2.24) is 0 Å². The minimum Gasteiger partial charge on any atom is -0.545 e. The third-order valence-corrected chi connectivity index (χ3v) is 8.78. The fourth-order valence-electron chi connectivity index (χ4n) is 3.32. The van der Waals surface area contributed by atoms with Crippen LogP contribution in [0.5, 0.6) is 0 Å². The van der Waals surface area contributed by atoms with Crippen LogP contribution in [0.1, 0.15) is 22.3 Å². The Balaban J connectivity index is 0. The van der Waals surface area contributed by atoms with Crippen LogP contribution in [0.4, 0.5) is 0 Å². The van der Waals surface area contributed by atoms with Crippen LogP contribution in [-0.2, 0) is 31.7 Å². The normalized spacial score (nSPS) is 15.2. The first kappa shape index (κ1) is 31.1. The van der Waals surface area contributed by atoms with Crippen molar-refractivity contribution >= 4 is 59.1 Å². The average Bonchev–Trinajstić information content (AvgIpc) is 2.73. The van der Waals surface area contributed by atoms with E-state index in [-0.39, 0.29) is 17.4 Å². The van der Waals surface area contributed by atoms with Crippen LogP contribution in [0, 0.1) is 0 Å². The third kappa shape index (κ3) is 8.88. The maximum Gasteiger partial charge on any atom is 3.00 e. The molecule has 3 nitrogen and oxygen atoms in total. The van der Waals surface area contributed by atoms with Gasteiger partial charge in [0.2, 0.25) is 0 Å². The van der Waals surface area contributed by atoms with Crippen molar-refractivity contribution in [2.24, 2.45) is 0 Å². The zero-order valence-electron chi connectivity index (χ0n) is 19.1. The first-order chi connectivity index (χ1) is 14.1. The van der Waals surface area contributed by atoms with Gasteiger partial charge in [-0.25, -0.2) is 0 Å². The number of rotatable bonds is 2. The van der Waals surface area contributed by atoms with E-state index in [1.165, 1.54) is 32.6 Å². The molecule has 6 rings (SSSR count). The molecule has 0 heterocycles. The summed E-state index contributed by atoms with van der Waals surface area (Å²) in [5.41, 5.74) is 5.39. The fraction of sp³-hybridized carbons (Fsp3) is 0.240. The van der Waals surface area contributed by atoms with E-state index in [1.54, 1.807) is 0 Å². The molecule has 2 aromatic carbocycles. The summed E-state index contributed by atoms with van der Waals surface area (Å²) >= 11 is 0. The van der Waals surface area contributed by atoms with E-state index in [9.17, 15) is 0 Å². The topological polar surface area (TPSA) is 51.2 Å². The van der Waals surface area contributed by atoms with Crippen LogP contribution < -0.4 is 0 Å². The zero-order valence-corrected chi connectivity index (χ0v) is 22.4. The van der Waals surface area contributed by atoms with Crippen LogP contribution in [-0.4, -0.2) is 36.5 Å². The minimum absolute atomic E-state index is 0. The molecule has 0 saturated carbocycles. The van der Waals surface area contributed by atoms with Crippen molar-refractivity contribution < 1.29 is 31.7 Å². The predicted octanol–water partition coefficient (Wildman–Crippen LogP) is 6.01. The molecule has 0 N–H and O–H groups in total. The Bertz CT molecular complexity index is 785. The molecule has 4 bridgehead atoms. The van der Waals surface area contributed by atoms with Gasteiger partial charge in [0.25, 0.3) is 0 Å². The molecule has 4 aliphatic carbocycles. The molecular formula is C25H31CrO3Si2. The van der Waals surface area contributed by atoms with Gasteiger partial charge in [-0.3, -0.25) is 20.4 Å². The summed E-state index contributed by atoms with van der Waals surface area (Å²) in [6.07, 6.45) is 4.80. The summed E-state index contributed by atoms with van der Waals surface area (Å²) in [5, 5.41) is 3.06. The summed E-state index contributed by atoms with van der Waals surface area (Å²) < 4.78 is 0. The second kappa shape index (κ2) is 14.1. The molecule has 2 aromatic rings. The Morgan fingerprint density at radius 1 is 0.484 bits per heavy atom. The van der Waals surface area contributed by atoms with Gasteiger partial charge in [-0.2, -0.15) is 0 Å². The van der Waals surface area contributed by atoms with E-state index in [4.69, 9.17) is 14.4 Å². The van der Waals surface area contributed by atoms with Gasteiger partial charge in [0.15, 0.2) is 0 Å². The van der Waals surface area contributed by atoms with E-state index in [2.05, 4.69) is 120 Å². The van der Waals surface area contributed by atoms with Crippen LogP contribution >= 0.6 is 0 Å². The van der Waals surface area contributed by atoms with Gasteiger partial charge in [-0.15, -0.1) is 0 Å². The maximum absolute atomic E-state index is 7.75. The van der Waals surface area contributed by atoms with Crippen molar-refractivity contribution in [1.29, 1.82) is 0 Å². The van der Waals surface area contributed by atoms with E-state index in [0.29, 0.717) is 0 Å². The second-order valence-electron chi connectivity index (χ2n) is 8.86. The fourth-order valence-corrected chi connectivity index (χ4v) is 6.58. The average molecular weight is 488 g/mol. The first-order valence-electron chi connectivity index (χ1n) is 9.50. The SMILES string of the molecule is C[Si](C)(C)/C1=C/c2ccc(cc2)/C=C(/[Si](C)(C)C)c2ccc1cc2.[CH-]=O.[CH-]=O.[CH-]=O.[Cr+3]. The van der Waals surface area contributed by atoms with Gasteiger partial charge in [-0.1, -0.05) is 110 Å². The van der Waals surface area contributed by atoms with Gasteiger partial charge in [0.1, 0.15) is 0 Å². The quantitative estimate of drug-likeness (QED) is 0.296. The molecule has 0 unspecified atom stereocenters. The molecule has 6 heteroatoms. The smallest absolute Gasteiger partial charge is 0.545 e. The predicted molar refractivity (Wildman–Crippen MR) is 136 cm³/mol. The zero-order chi connectivity index (χ0) is 23.5. The molecule has 0 atom stereocenters. The molecule has 0 spiro atoms. The third-order valence-electron chi connectivity index (χ3n) is 4.68. The van der Waals surface area contributed by atoms with E-state index >= 15 is 0 Å². The molecule has 0 aliphatic heterocycles. The van der Waals surface area contributed by atoms with Gasteiger partial charge in [0, 0.05) is 0 Å². The largest absolute Gasteiger partial charge is 3.00 e. The van der Waals surface area contributed by atoms with Crippen molar-refractivity contribution in [3.8, 4) is 0 Å². The summed E-state index contributed by atoms with van der Waals surface area (Å²) in [7, 11) is -2.84. The Morgan fingerprint density at radius 2 is 0.710 bits per heavy atom. The Labute approximate surface area is 200 Å². The Morgan fingerprint density at radius 3 is 0.903 bits per heavy atom. The van der Waals surface area contributed by atoms with Crippen LogP contribution in [0.3, 0.4) is 0 Å². The molecule has 163 valence electrons. The van der Waals surface area contributed by atoms with Crippen molar-refractivity contribution in [2.45, 2.75) is 39.3 Å². The molecule has 0 saturated heterocycles. The van der Waals surface area contributed by atoms with Crippen molar-refractivity contribution in [3.63, 3.8) is 0 Å². The number of hydrogen-bond donors (Lipinski definition) is 0. The molecule has 0 amide bonds. The van der Waals surface area contributed by atoms with Crippen molar-refractivity contribution in [3.05, 3.63) is 70.8 Å². The second-order valence-corrected chi connectivity index (χ2v) is 18.9. The maximum atomic E-state index is 7.75. The van der Waals surface area contributed by atoms with E-state index < -0.39 is 16.1 Å². The van der Waals surface area contributed by atoms with Gasteiger partial charge >= 0.3 is 17.4 Å². The van der Waals surface area contributed by atoms with Gasteiger partial charge < -0.3 is 14.4 Å². The Kier molecular flexibility index (Phi) is 14.1. The number of hydrogen-bond acceptors (Lipinski definition) is 3. The summed E-state index contributed by atoms with van der Waals surface area (Å²) in [6, 6.07) is 18.4. The van der Waals surface area contributed by atoms with Gasteiger partial charge in [-0.05, 0) is 22.3 Å². The first-order valence-corrected chi connectivity index (χ1v) is 16.5. The van der Waals surface area contributed by atoms with E-state index in [0.717, 1.165) is 0 Å². The van der Waals surface area contributed by atoms with Crippen LogP contribution in [0.25, 0.3) is 22.5 Å². The molecule has 0 fully saturated rings. The van der Waals surface area contributed by atoms with Crippen molar-refractivity contribution in [2.75, 3.05) is 0 Å². The monoisotopic (exact) mass is 487 g/mol. The molecule has 4 aliphatic rings. The summed E-state index contributed by atoms with van der Waals surface area (Å²) in [4.78, 5) is 23.2. The molecular weight excluding hydrogens is 456 g/mol. The van der Waals surface area contributed by atoms with Crippen LogP contribution in [0.15, 0.2) is 48.5 Å².